The van der Waals surface area contributed by atoms with Gasteiger partial charge in [-0.25, -0.2) is 0 Å². The highest BCUT2D eigenvalue weighted by Gasteiger charge is 2.36. The van der Waals surface area contributed by atoms with E-state index in [1.54, 1.807) is 0 Å². The van der Waals surface area contributed by atoms with E-state index in [1.807, 2.05) is 27.7 Å². The zero-order chi connectivity index (χ0) is 13.0. The summed E-state index contributed by atoms with van der Waals surface area (Å²) in [5, 5.41) is 0. The Balaban J connectivity index is 0. The second kappa shape index (κ2) is 11.4. The molecule has 0 atom stereocenters. The normalized spacial score (nSPS) is 15.8. The van der Waals surface area contributed by atoms with E-state index in [2.05, 4.69) is 25.7 Å². The number of hydrogen-bond donors (Lipinski definition) is 0. The Bertz CT molecular complexity index is 127. The van der Waals surface area contributed by atoms with Gasteiger partial charge < -0.3 is 4.90 Å². The predicted molar refractivity (Wildman–Crippen MR) is 77.1 cm³/mol. The molecule has 0 amide bonds. The van der Waals surface area contributed by atoms with E-state index in [1.165, 1.54) is 45.3 Å². The Morgan fingerprint density at radius 3 is 1.75 bits per heavy atom. The summed E-state index contributed by atoms with van der Waals surface area (Å²) in [4.78, 5) is 2.57. The fourth-order valence-electron chi connectivity index (χ4n) is 1.64. The van der Waals surface area contributed by atoms with Crippen molar-refractivity contribution < 1.29 is 0 Å². The molecular formula is C15H35N. The van der Waals surface area contributed by atoms with Gasteiger partial charge >= 0.3 is 0 Å². The predicted octanol–water partition coefficient (Wildman–Crippen LogP) is 4.96. The molecule has 0 saturated heterocycles. The van der Waals surface area contributed by atoms with Crippen LogP contribution in [0.25, 0.3) is 0 Å². The highest BCUT2D eigenvalue weighted by molar-refractivity contribution is 4.88. The molecule has 1 rings (SSSR count). The quantitative estimate of drug-likeness (QED) is 0.622. The van der Waals surface area contributed by atoms with Crippen molar-refractivity contribution in [2.24, 2.45) is 5.41 Å². The van der Waals surface area contributed by atoms with Gasteiger partial charge in [0.05, 0.1) is 0 Å². The summed E-state index contributed by atoms with van der Waals surface area (Å²) in [6.45, 7) is 18.8. The van der Waals surface area contributed by atoms with Crippen LogP contribution in [0.1, 0.15) is 74.1 Å². The lowest BCUT2D eigenvalue weighted by Gasteiger charge is -2.21. The van der Waals surface area contributed by atoms with Gasteiger partial charge in [-0.2, -0.15) is 0 Å². The van der Waals surface area contributed by atoms with E-state index in [-0.39, 0.29) is 0 Å². The van der Waals surface area contributed by atoms with E-state index in [4.69, 9.17) is 0 Å². The number of rotatable bonds is 6. The maximum atomic E-state index is 2.57. The molecule has 0 heterocycles. The van der Waals surface area contributed by atoms with Crippen molar-refractivity contribution >= 4 is 0 Å². The van der Waals surface area contributed by atoms with Gasteiger partial charge in [0.2, 0.25) is 0 Å². The first-order valence-electron chi connectivity index (χ1n) is 7.42. The van der Waals surface area contributed by atoms with Crippen LogP contribution in [0, 0.1) is 5.41 Å². The average Bonchev–Trinajstić information content (AvgIpc) is 3.08. The summed E-state index contributed by atoms with van der Waals surface area (Å²) in [6, 6.07) is 0. The fourth-order valence-corrected chi connectivity index (χ4v) is 1.64. The molecule has 100 valence electrons. The lowest BCUT2D eigenvalue weighted by Crippen LogP contribution is -2.26. The van der Waals surface area contributed by atoms with Crippen molar-refractivity contribution in [1.82, 2.24) is 4.90 Å². The molecule has 0 radical (unpaired) electrons. The molecule has 16 heavy (non-hydrogen) atoms. The number of nitrogens with zero attached hydrogens (tertiary/aromatic N) is 1. The van der Waals surface area contributed by atoms with Crippen LogP contribution in [0.5, 0.6) is 0 Å². The summed E-state index contributed by atoms with van der Waals surface area (Å²) in [5.74, 6) is 0. The van der Waals surface area contributed by atoms with Crippen LogP contribution < -0.4 is 0 Å². The van der Waals surface area contributed by atoms with E-state index in [0.29, 0.717) is 0 Å². The highest BCUT2D eigenvalue weighted by Crippen LogP contribution is 2.48. The second-order valence-corrected chi connectivity index (χ2v) is 4.49. The van der Waals surface area contributed by atoms with E-state index in [9.17, 15) is 0 Å². The van der Waals surface area contributed by atoms with E-state index >= 15 is 0 Å². The molecule has 0 aromatic rings. The Morgan fingerprint density at radius 2 is 1.44 bits per heavy atom. The molecule has 0 aromatic carbocycles. The SMILES string of the molecule is CC.CC.CCCN(CC)CCC1(C)CC1. The van der Waals surface area contributed by atoms with Crippen LogP contribution in [0.2, 0.25) is 0 Å². The van der Waals surface area contributed by atoms with Gasteiger partial charge in [-0.3, -0.25) is 0 Å². The van der Waals surface area contributed by atoms with Crippen molar-refractivity contribution in [2.45, 2.75) is 74.1 Å². The molecule has 1 fully saturated rings. The maximum Gasteiger partial charge on any atom is -0.00137 e. The molecule has 0 aliphatic heterocycles. The van der Waals surface area contributed by atoms with Crippen molar-refractivity contribution in [1.29, 1.82) is 0 Å². The van der Waals surface area contributed by atoms with Crippen molar-refractivity contribution in [3.63, 3.8) is 0 Å². The van der Waals surface area contributed by atoms with Crippen molar-refractivity contribution in [3.8, 4) is 0 Å². The summed E-state index contributed by atoms with van der Waals surface area (Å²) < 4.78 is 0. The third-order valence-corrected chi connectivity index (χ3v) is 3.12. The first kappa shape index (κ1) is 18.3. The average molecular weight is 229 g/mol. The van der Waals surface area contributed by atoms with Gasteiger partial charge in [0.15, 0.2) is 0 Å². The summed E-state index contributed by atoms with van der Waals surface area (Å²) in [5.41, 5.74) is 0.737. The number of hydrogen-bond acceptors (Lipinski definition) is 1. The minimum Gasteiger partial charge on any atom is -0.304 e. The molecular weight excluding hydrogens is 194 g/mol. The minimum atomic E-state index is 0.737. The Morgan fingerprint density at radius 1 is 0.938 bits per heavy atom. The molecule has 0 spiro atoms. The molecule has 0 aromatic heterocycles. The monoisotopic (exact) mass is 229 g/mol. The zero-order valence-corrected chi connectivity index (χ0v) is 12.9. The van der Waals surface area contributed by atoms with Crippen LogP contribution >= 0.6 is 0 Å². The molecule has 0 unspecified atom stereocenters. The van der Waals surface area contributed by atoms with Crippen LogP contribution in [-0.2, 0) is 0 Å². The summed E-state index contributed by atoms with van der Waals surface area (Å²) in [6.07, 6.45) is 5.65. The molecule has 1 aliphatic rings. The minimum absolute atomic E-state index is 0.737. The largest absolute Gasteiger partial charge is 0.304 e. The molecule has 1 nitrogen and oxygen atoms in total. The first-order chi connectivity index (χ1) is 7.70. The molecule has 1 aliphatic carbocycles. The van der Waals surface area contributed by atoms with Crippen molar-refractivity contribution in [2.75, 3.05) is 19.6 Å². The lowest BCUT2D eigenvalue weighted by atomic mass is 10.1. The van der Waals surface area contributed by atoms with Crippen LogP contribution in [0.4, 0.5) is 0 Å². The van der Waals surface area contributed by atoms with Gasteiger partial charge in [-0.15, -0.1) is 0 Å². The van der Waals surface area contributed by atoms with Crippen LogP contribution in [0.15, 0.2) is 0 Å². The molecule has 1 saturated carbocycles. The molecule has 1 heteroatoms. The fraction of sp³-hybridized carbons (Fsp3) is 1.00. The first-order valence-corrected chi connectivity index (χ1v) is 7.42. The summed E-state index contributed by atoms with van der Waals surface area (Å²) >= 11 is 0. The van der Waals surface area contributed by atoms with Crippen molar-refractivity contribution in [3.05, 3.63) is 0 Å². The van der Waals surface area contributed by atoms with Crippen LogP contribution in [-0.4, -0.2) is 24.5 Å². The highest BCUT2D eigenvalue weighted by atomic mass is 15.1. The van der Waals surface area contributed by atoms with Gasteiger partial charge in [0.25, 0.3) is 0 Å². The van der Waals surface area contributed by atoms with Gasteiger partial charge in [-0.05, 0) is 50.7 Å². The lowest BCUT2D eigenvalue weighted by molar-refractivity contribution is 0.262. The third-order valence-electron chi connectivity index (χ3n) is 3.12. The Hall–Kier alpha value is -0.0400. The third kappa shape index (κ3) is 9.21. The van der Waals surface area contributed by atoms with E-state index < -0.39 is 0 Å². The Labute approximate surface area is 105 Å². The van der Waals surface area contributed by atoms with Gasteiger partial charge in [0.1, 0.15) is 0 Å². The standard InChI is InChI=1S/C11H23N.2C2H6/c1-4-9-12(5-2)10-8-11(3)6-7-11;2*1-2/h4-10H2,1-3H3;2*1-2H3. The molecule has 0 bridgehead atoms. The van der Waals surface area contributed by atoms with Gasteiger partial charge in [0, 0.05) is 0 Å². The van der Waals surface area contributed by atoms with Gasteiger partial charge in [-0.1, -0.05) is 48.5 Å². The summed E-state index contributed by atoms with van der Waals surface area (Å²) in [7, 11) is 0. The van der Waals surface area contributed by atoms with E-state index in [0.717, 1.165) is 5.41 Å². The van der Waals surface area contributed by atoms with Crippen LogP contribution in [0.3, 0.4) is 0 Å². The Kier molecular flexibility index (Phi) is 13.1. The maximum absolute atomic E-state index is 2.57. The zero-order valence-electron chi connectivity index (χ0n) is 12.9. The topological polar surface area (TPSA) is 3.24 Å². The smallest absolute Gasteiger partial charge is 0.00137 e. The second-order valence-electron chi connectivity index (χ2n) is 4.49. The molecule has 0 N–H and O–H groups in total.